The van der Waals surface area contributed by atoms with E-state index in [4.69, 9.17) is 9.47 Å². The maximum absolute atomic E-state index is 12.0. The summed E-state index contributed by atoms with van der Waals surface area (Å²) in [5, 5.41) is 0. The monoisotopic (exact) mass is 286 g/mol. The summed E-state index contributed by atoms with van der Waals surface area (Å²) in [6.07, 6.45) is 3.20. The van der Waals surface area contributed by atoms with E-state index >= 15 is 0 Å². The fraction of sp³-hybridized carbons (Fsp3) is 0.857. The van der Waals surface area contributed by atoms with Crippen molar-refractivity contribution in [1.29, 1.82) is 0 Å². The number of esters is 2. The maximum Gasteiger partial charge on any atom is 0.358 e. The highest BCUT2D eigenvalue weighted by Gasteiger charge is 2.37. The molecule has 0 spiro atoms. The zero-order valence-electron chi connectivity index (χ0n) is 11.8. The van der Waals surface area contributed by atoms with Gasteiger partial charge in [-0.2, -0.15) is 0 Å². The van der Waals surface area contributed by atoms with E-state index in [1.165, 1.54) is 18.2 Å². The summed E-state index contributed by atoms with van der Waals surface area (Å²) in [6, 6.07) is 0. The first-order valence-corrected chi connectivity index (χ1v) is 8.03. The Hall–Kier alpha value is -0.710. The molecular formula is C14H22O4S. The molecule has 2 rings (SSSR count). The number of thioether (sulfide) groups is 1. The Labute approximate surface area is 118 Å². The van der Waals surface area contributed by atoms with Gasteiger partial charge >= 0.3 is 11.9 Å². The molecule has 1 saturated carbocycles. The molecule has 5 heteroatoms. The molecule has 2 aliphatic rings. The van der Waals surface area contributed by atoms with Crippen molar-refractivity contribution in [3.05, 3.63) is 0 Å². The van der Waals surface area contributed by atoms with Crippen LogP contribution in [0.4, 0.5) is 0 Å². The number of carbonyl (C=O) groups is 2. The second kappa shape index (κ2) is 6.16. The third-order valence-corrected chi connectivity index (χ3v) is 5.15. The standard InChI is InChI=1S/C14H22O4S/c1-8(2)10-5-4-9(3)11(6-10)17-13(16)14-18-12(15)7-19-14/h8-11,14H,4-7H2,1-3H3. The quantitative estimate of drug-likeness (QED) is 0.746. The third kappa shape index (κ3) is 3.65. The van der Waals surface area contributed by atoms with Gasteiger partial charge in [0.1, 0.15) is 6.10 Å². The molecule has 1 saturated heterocycles. The van der Waals surface area contributed by atoms with Crippen LogP contribution >= 0.6 is 11.8 Å². The molecule has 0 radical (unpaired) electrons. The van der Waals surface area contributed by atoms with E-state index in [2.05, 4.69) is 20.8 Å². The zero-order chi connectivity index (χ0) is 14.0. The fourth-order valence-electron chi connectivity index (χ4n) is 2.73. The number of ether oxygens (including phenoxy) is 2. The Morgan fingerprint density at radius 3 is 2.74 bits per heavy atom. The van der Waals surface area contributed by atoms with Crippen LogP contribution in [0.1, 0.15) is 40.0 Å². The van der Waals surface area contributed by atoms with Gasteiger partial charge in [0.15, 0.2) is 0 Å². The van der Waals surface area contributed by atoms with Crippen molar-refractivity contribution in [3.63, 3.8) is 0 Å². The van der Waals surface area contributed by atoms with E-state index in [0.29, 0.717) is 17.8 Å². The van der Waals surface area contributed by atoms with Crippen LogP contribution in [0.2, 0.25) is 0 Å². The largest absolute Gasteiger partial charge is 0.459 e. The molecule has 1 aliphatic carbocycles. The van der Waals surface area contributed by atoms with E-state index in [9.17, 15) is 9.59 Å². The van der Waals surface area contributed by atoms with Gasteiger partial charge in [-0.3, -0.25) is 4.79 Å². The third-order valence-electron chi connectivity index (χ3n) is 4.16. The number of hydrogen-bond acceptors (Lipinski definition) is 5. The van der Waals surface area contributed by atoms with Gasteiger partial charge in [0.2, 0.25) is 5.44 Å². The first kappa shape index (κ1) is 14.7. The minimum atomic E-state index is -0.751. The Bertz CT molecular complexity index is 355. The van der Waals surface area contributed by atoms with Crippen molar-refractivity contribution in [2.24, 2.45) is 17.8 Å². The summed E-state index contributed by atoms with van der Waals surface area (Å²) >= 11 is 1.21. The molecule has 0 aromatic carbocycles. The molecule has 4 nitrogen and oxygen atoms in total. The summed E-state index contributed by atoms with van der Waals surface area (Å²) in [5.74, 6) is 1.15. The molecular weight excluding hydrogens is 264 g/mol. The lowest BCUT2D eigenvalue weighted by molar-refractivity contribution is -0.166. The molecule has 19 heavy (non-hydrogen) atoms. The fourth-order valence-corrected chi connectivity index (χ4v) is 3.46. The van der Waals surface area contributed by atoms with E-state index in [0.717, 1.165) is 12.8 Å². The average Bonchev–Trinajstić information content (AvgIpc) is 2.78. The summed E-state index contributed by atoms with van der Waals surface area (Å²) in [5.41, 5.74) is -0.751. The van der Waals surface area contributed by atoms with E-state index in [1.807, 2.05) is 0 Å². The smallest absolute Gasteiger partial charge is 0.358 e. The summed E-state index contributed by atoms with van der Waals surface area (Å²) in [7, 11) is 0. The van der Waals surface area contributed by atoms with Crippen LogP contribution in [0, 0.1) is 17.8 Å². The van der Waals surface area contributed by atoms with Crippen LogP contribution in [0.15, 0.2) is 0 Å². The summed E-state index contributed by atoms with van der Waals surface area (Å²) in [6.45, 7) is 6.56. The van der Waals surface area contributed by atoms with Crippen molar-refractivity contribution < 1.29 is 19.1 Å². The van der Waals surface area contributed by atoms with Gasteiger partial charge in [-0.1, -0.05) is 32.5 Å². The van der Waals surface area contributed by atoms with E-state index in [1.54, 1.807) is 0 Å². The van der Waals surface area contributed by atoms with Gasteiger partial charge in [0, 0.05) is 0 Å². The van der Waals surface area contributed by atoms with Crippen LogP contribution in [0.25, 0.3) is 0 Å². The molecule has 0 N–H and O–H groups in total. The lowest BCUT2D eigenvalue weighted by atomic mass is 9.76. The van der Waals surface area contributed by atoms with Crippen LogP contribution < -0.4 is 0 Å². The highest BCUT2D eigenvalue weighted by Crippen LogP contribution is 2.35. The normalized spacial score (nSPS) is 35.3. The predicted molar refractivity (Wildman–Crippen MR) is 73.6 cm³/mol. The van der Waals surface area contributed by atoms with Gasteiger partial charge in [0.25, 0.3) is 0 Å². The Kier molecular flexibility index (Phi) is 4.76. The first-order chi connectivity index (χ1) is 8.97. The molecule has 0 aromatic rings. The van der Waals surface area contributed by atoms with Gasteiger partial charge in [-0.25, -0.2) is 4.79 Å². The van der Waals surface area contributed by atoms with Crippen molar-refractivity contribution in [1.82, 2.24) is 0 Å². The maximum atomic E-state index is 12.0. The second-order valence-electron chi connectivity index (χ2n) is 5.90. The summed E-state index contributed by atoms with van der Waals surface area (Å²) < 4.78 is 10.5. The number of rotatable bonds is 3. The lowest BCUT2D eigenvalue weighted by Gasteiger charge is -2.35. The van der Waals surface area contributed by atoms with Crippen LogP contribution in [-0.2, 0) is 19.1 Å². The molecule has 1 heterocycles. The van der Waals surface area contributed by atoms with Crippen LogP contribution in [0.5, 0.6) is 0 Å². The van der Waals surface area contributed by atoms with Crippen molar-refractivity contribution in [3.8, 4) is 0 Å². The Morgan fingerprint density at radius 2 is 2.16 bits per heavy atom. The van der Waals surface area contributed by atoms with Gasteiger partial charge in [-0.05, 0) is 37.0 Å². The number of cyclic esters (lactones) is 1. The molecule has 108 valence electrons. The number of carbonyl (C=O) groups excluding carboxylic acids is 2. The minimum Gasteiger partial charge on any atom is -0.459 e. The Morgan fingerprint density at radius 1 is 1.42 bits per heavy atom. The molecule has 4 unspecified atom stereocenters. The molecule has 0 aromatic heterocycles. The topological polar surface area (TPSA) is 52.6 Å². The SMILES string of the molecule is CC(C)C1CCC(C)C(OC(=O)C2OC(=O)CS2)C1. The van der Waals surface area contributed by atoms with Gasteiger partial charge < -0.3 is 9.47 Å². The van der Waals surface area contributed by atoms with E-state index in [-0.39, 0.29) is 17.8 Å². The molecule has 4 atom stereocenters. The Balaban J connectivity index is 1.89. The second-order valence-corrected chi connectivity index (χ2v) is 6.95. The molecule has 0 amide bonds. The predicted octanol–water partition coefficient (Wildman–Crippen LogP) is 2.61. The van der Waals surface area contributed by atoms with Crippen LogP contribution in [-0.4, -0.2) is 29.2 Å². The molecule has 0 bridgehead atoms. The first-order valence-electron chi connectivity index (χ1n) is 6.99. The van der Waals surface area contributed by atoms with Crippen molar-refractivity contribution in [2.75, 3.05) is 5.75 Å². The highest BCUT2D eigenvalue weighted by atomic mass is 32.2. The van der Waals surface area contributed by atoms with Crippen molar-refractivity contribution in [2.45, 2.75) is 51.6 Å². The molecule has 2 fully saturated rings. The minimum absolute atomic E-state index is 0.0337. The average molecular weight is 286 g/mol. The number of hydrogen-bond donors (Lipinski definition) is 0. The highest BCUT2D eigenvalue weighted by molar-refractivity contribution is 8.01. The van der Waals surface area contributed by atoms with Crippen molar-refractivity contribution >= 4 is 23.7 Å². The zero-order valence-corrected chi connectivity index (χ0v) is 12.6. The van der Waals surface area contributed by atoms with Gasteiger partial charge in [-0.15, -0.1) is 0 Å². The lowest BCUT2D eigenvalue weighted by Crippen LogP contribution is -2.36. The summed E-state index contributed by atoms with van der Waals surface area (Å²) in [4.78, 5) is 23.0. The van der Waals surface area contributed by atoms with E-state index < -0.39 is 11.4 Å². The van der Waals surface area contributed by atoms with Crippen LogP contribution in [0.3, 0.4) is 0 Å². The molecule has 1 aliphatic heterocycles. The van der Waals surface area contributed by atoms with Gasteiger partial charge in [0.05, 0.1) is 5.75 Å².